The van der Waals surface area contributed by atoms with Gasteiger partial charge >= 0.3 is 0 Å². The first kappa shape index (κ1) is 15.8. The van der Waals surface area contributed by atoms with Crippen LogP contribution in [0.2, 0.25) is 0 Å². The van der Waals surface area contributed by atoms with E-state index in [1.807, 2.05) is 6.92 Å². The third-order valence-electron chi connectivity index (χ3n) is 3.84. The standard InChI is InChI=1S/C16H23FN2O2/c1-2-10-18-15-13(4-3-5-14(15)17)16(21)19-11-6-8-12(20)9-7-11/h3-5,11-12,18,20H,2,6-10H2,1H3,(H,19,21). The molecule has 0 radical (unpaired) electrons. The van der Waals surface area contributed by atoms with Crippen molar-refractivity contribution in [3.05, 3.63) is 29.6 Å². The van der Waals surface area contributed by atoms with Gasteiger partial charge in [0.15, 0.2) is 0 Å². The number of anilines is 1. The topological polar surface area (TPSA) is 61.4 Å². The van der Waals surface area contributed by atoms with E-state index in [4.69, 9.17) is 0 Å². The first-order valence-corrected chi connectivity index (χ1v) is 7.63. The Morgan fingerprint density at radius 1 is 1.33 bits per heavy atom. The molecule has 0 heterocycles. The molecule has 1 saturated carbocycles. The summed E-state index contributed by atoms with van der Waals surface area (Å²) in [4.78, 5) is 12.4. The molecule has 1 aliphatic carbocycles. The van der Waals surface area contributed by atoms with Crippen LogP contribution in [0, 0.1) is 5.82 Å². The lowest BCUT2D eigenvalue weighted by molar-refractivity contribution is 0.0868. The smallest absolute Gasteiger partial charge is 0.253 e. The maximum absolute atomic E-state index is 13.9. The average Bonchev–Trinajstić information content (AvgIpc) is 2.48. The van der Waals surface area contributed by atoms with Crippen LogP contribution >= 0.6 is 0 Å². The van der Waals surface area contributed by atoms with Crippen molar-refractivity contribution in [1.29, 1.82) is 0 Å². The second kappa shape index (κ2) is 7.41. The van der Waals surface area contributed by atoms with Crippen molar-refractivity contribution in [1.82, 2.24) is 5.32 Å². The highest BCUT2D eigenvalue weighted by Crippen LogP contribution is 2.22. The van der Waals surface area contributed by atoms with Gasteiger partial charge in [0.2, 0.25) is 0 Å². The summed E-state index contributed by atoms with van der Waals surface area (Å²) in [6.07, 6.45) is 3.54. The van der Waals surface area contributed by atoms with E-state index in [1.54, 1.807) is 12.1 Å². The molecule has 0 bridgehead atoms. The van der Waals surface area contributed by atoms with Gasteiger partial charge in [0, 0.05) is 12.6 Å². The first-order valence-electron chi connectivity index (χ1n) is 7.63. The molecule has 0 saturated heterocycles. The van der Waals surface area contributed by atoms with Crippen molar-refractivity contribution < 1.29 is 14.3 Å². The van der Waals surface area contributed by atoms with E-state index < -0.39 is 5.82 Å². The highest BCUT2D eigenvalue weighted by Gasteiger charge is 2.23. The Bertz CT molecular complexity index is 485. The molecule has 0 aliphatic heterocycles. The molecule has 1 aromatic rings. The number of halogens is 1. The predicted octanol–water partition coefficient (Wildman–Crippen LogP) is 2.68. The molecule has 2 rings (SSSR count). The number of amides is 1. The molecule has 1 aliphatic rings. The average molecular weight is 294 g/mol. The third kappa shape index (κ3) is 4.17. The Morgan fingerprint density at radius 3 is 2.71 bits per heavy atom. The number of para-hydroxylation sites is 1. The van der Waals surface area contributed by atoms with Gasteiger partial charge in [-0.15, -0.1) is 0 Å². The predicted molar refractivity (Wildman–Crippen MR) is 80.9 cm³/mol. The second-order valence-corrected chi connectivity index (χ2v) is 5.57. The van der Waals surface area contributed by atoms with Crippen molar-refractivity contribution in [2.24, 2.45) is 0 Å². The number of aliphatic hydroxyl groups is 1. The van der Waals surface area contributed by atoms with Crippen LogP contribution in [0.15, 0.2) is 18.2 Å². The maximum Gasteiger partial charge on any atom is 0.253 e. The van der Waals surface area contributed by atoms with Gasteiger partial charge in [0.05, 0.1) is 17.4 Å². The monoisotopic (exact) mass is 294 g/mol. The number of aliphatic hydroxyl groups excluding tert-OH is 1. The zero-order chi connectivity index (χ0) is 15.2. The van der Waals surface area contributed by atoms with Gasteiger partial charge in [-0.1, -0.05) is 13.0 Å². The van der Waals surface area contributed by atoms with Crippen LogP contribution in [-0.2, 0) is 0 Å². The third-order valence-corrected chi connectivity index (χ3v) is 3.84. The minimum atomic E-state index is -0.407. The number of hydrogen-bond acceptors (Lipinski definition) is 3. The van der Waals surface area contributed by atoms with Crippen LogP contribution in [0.4, 0.5) is 10.1 Å². The molecule has 116 valence electrons. The van der Waals surface area contributed by atoms with Crippen LogP contribution in [0.1, 0.15) is 49.4 Å². The number of carbonyl (C=O) groups is 1. The number of hydrogen-bond donors (Lipinski definition) is 3. The highest BCUT2D eigenvalue weighted by molar-refractivity contribution is 5.99. The van der Waals surface area contributed by atoms with Crippen LogP contribution in [0.3, 0.4) is 0 Å². The van der Waals surface area contributed by atoms with Crippen molar-refractivity contribution in [2.75, 3.05) is 11.9 Å². The molecule has 0 aromatic heterocycles. The number of benzene rings is 1. The SMILES string of the molecule is CCCNc1c(F)cccc1C(=O)NC1CCC(O)CC1. The lowest BCUT2D eigenvalue weighted by Gasteiger charge is -2.26. The Labute approximate surface area is 124 Å². The van der Waals surface area contributed by atoms with E-state index >= 15 is 0 Å². The van der Waals surface area contributed by atoms with Crippen LogP contribution in [0.5, 0.6) is 0 Å². The fraction of sp³-hybridized carbons (Fsp3) is 0.562. The summed E-state index contributed by atoms with van der Waals surface area (Å²) in [5.41, 5.74) is 0.613. The van der Waals surface area contributed by atoms with E-state index in [1.165, 1.54) is 6.07 Å². The van der Waals surface area contributed by atoms with Crippen LogP contribution in [0.25, 0.3) is 0 Å². The molecule has 4 nitrogen and oxygen atoms in total. The lowest BCUT2D eigenvalue weighted by Crippen LogP contribution is -2.38. The maximum atomic E-state index is 13.9. The summed E-state index contributed by atoms with van der Waals surface area (Å²) in [6.45, 7) is 2.61. The zero-order valence-corrected chi connectivity index (χ0v) is 12.4. The Hall–Kier alpha value is -1.62. The molecule has 0 atom stereocenters. The highest BCUT2D eigenvalue weighted by atomic mass is 19.1. The summed E-state index contributed by atoms with van der Waals surface area (Å²) in [5, 5.41) is 15.4. The van der Waals surface area contributed by atoms with Gasteiger partial charge in [0.25, 0.3) is 5.91 Å². The molecular weight excluding hydrogens is 271 g/mol. The largest absolute Gasteiger partial charge is 0.393 e. The van der Waals surface area contributed by atoms with Crippen molar-refractivity contribution in [3.8, 4) is 0 Å². The van der Waals surface area contributed by atoms with Crippen molar-refractivity contribution in [2.45, 2.75) is 51.2 Å². The van der Waals surface area contributed by atoms with Gasteiger partial charge in [-0.05, 0) is 44.2 Å². The summed E-state index contributed by atoms with van der Waals surface area (Å²) in [7, 11) is 0. The molecule has 3 N–H and O–H groups in total. The summed E-state index contributed by atoms with van der Waals surface area (Å²) >= 11 is 0. The summed E-state index contributed by atoms with van der Waals surface area (Å²) in [5.74, 6) is -0.662. The van der Waals surface area contributed by atoms with Gasteiger partial charge in [-0.25, -0.2) is 4.39 Å². The Balaban J connectivity index is 2.06. The van der Waals surface area contributed by atoms with E-state index in [0.717, 1.165) is 19.3 Å². The molecule has 1 fully saturated rings. The zero-order valence-electron chi connectivity index (χ0n) is 12.4. The van der Waals surface area contributed by atoms with E-state index in [2.05, 4.69) is 10.6 Å². The molecule has 5 heteroatoms. The number of nitrogens with one attached hydrogen (secondary N) is 2. The molecule has 0 unspecified atom stereocenters. The minimum Gasteiger partial charge on any atom is -0.393 e. The fourth-order valence-electron chi connectivity index (χ4n) is 2.63. The summed E-state index contributed by atoms with van der Waals surface area (Å²) < 4.78 is 13.9. The van der Waals surface area contributed by atoms with Crippen molar-refractivity contribution >= 4 is 11.6 Å². The first-order chi connectivity index (χ1) is 10.1. The summed E-state index contributed by atoms with van der Waals surface area (Å²) in [6, 6.07) is 4.59. The number of rotatable bonds is 5. The molecule has 0 spiro atoms. The van der Waals surface area contributed by atoms with Gasteiger partial charge in [-0.3, -0.25) is 4.79 Å². The fourth-order valence-corrected chi connectivity index (χ4v) is 2.63. The number of carbonyl (C=O) groups excluding carboxylic acids is 1. The van der Waals surface area contributed by atoms with E-state index in [0.29, 0.717) is 24.9 Å². The lowest BCUT2D eigenvalue weighted by atomic mass is 9.93. The van der Waals surface area contributed by atoms with Crippen LogP contribution < -0.4 is 10.6 Å². The minimum absolute atomic E-state index is 0.0585. The van der Waals surface area contributed by atoms with E-state index in [-0.39, 0.29) is 23.7 Å². The molecular formula is C16H23FN2O2. The van der Waals surface area contributed by atoms with Gasteiger partial charge < -0.3 is 15.7 Å². The second-order valence-electron chi connectivity index (χ2n) is 5.57. The van der Waals surface area contributed by atoms with Gasteiger partial charge in [0.1, 0.15) is 5.82 Å². The molecule has 1 amide bonds. The quantitative estimate of drug-likeness (QED) is 0.782. The Kier molecular flexibility index (Phi) is 5.56. The Morgan fingerprint density at radius 2 is 2.05 bits per heavy atom. The molecule has 21 heavy (non-hydrogen) atoms. The van der Waals surface area contributed by atoms with E-state index in [9.17, 15) is 14.3 Å². The molecule has 1 aromatic carbocycles. The normalized spacial score (nSPS) is 21.9. The van der Waals surface area contributed by atoms with Crippen molar-refractivity contribution in [3.63, 3.8) is 0 Å². The van der Waals surface area contributed by atoms with Crippen LogP contribution in [-0.4, -0.2) is 29.7 Å². The van der Waals surface area contributed by atoms with Gasteiger partial charge in [-0.2, -0.15) is 0 Å².